The lowest BCUT2D eigenvalue weighted by atomic mass is 10.1. The highest BCUT2D eigenvalue weighted by Gasteiger charge is 2.28. The predicted octanol–water partition coefficient (Wildman–Crippen LogP) is 4.31. The van der Waals surface area contributed by atoms with E-state index in [0.717, 1.165) is 16.9 Å². The monoisotopic (exact) mass is 460 g/mol. The molecule has 0 fully saturated rings. The van der Waals surface area contributed by atoms with Crippen molar-refractivity contribution in [1.29, 1.82) is 0 Å². The maximum absolute atomic E-state index is 12.9. The van der Waals surface area contributed by atoms with Crippen LogP contribution in [0.25, 0.3) is 0 Å². The fraction of sp³-hybridized carbons (Fsp3) is 0.259. The minimum Gasteiger partial charge on any atom is -0.497 e. The van der Waals surface area contributed by atoms with Crippen molar-refractivity contribution in [3.8, 4) is 17.2 Å². The highest BCUT2D eigenvalue weighted by Crippen LogP contribution is 2.29. The smallest absolute Gasteiger partial charge is 0.263 e. The third-order valence-electron chi connectivity index (χ3n) is 5.80. The van der Waals surface area contributed by atoms with Gasteiger partial charge in [-0.15, -0.1) is 0 Å². The van der Waals surface area contributed by atoms with Crippen LogP contribution in [0.4, 0.5) is 5.69 Å². The zero-order valence-corrected chi connectivity index (χ0v) is 19.5. The van der Waals surface area contributed by atoms with E-state index >= 15 is 0 Å². The summed E-state index contributed by atoms with van der Waals surface area (Å²) in [7, 11) is 3.20. The molecule has 1 heterocycles. The molecule has 1 aliphatic heterocycles. The summed E-state index contributed by atoms with van der Waals surface area (Å²) in [5, 5.41) is 2.92. The van der Waals surface area contributed by atoms with E-state index in [2.05, 4.69) is 5.32 Å². The number of rotatable bonds is 7. The predicted molar refractivity (Wildman–Crippen MR) is 130 cm³/mol. The number of hydrogen-bond donors (Lipinski definition) is 1. The van der Waals surface area contributed by atoms with Crippen molar-refractivity contribution in [3.63, 3.8) is 0 Å². The Kier molecular flexibility index (Phi) is 7.01. The largest absolute Gasteiger partial charge is 0.497 e. The van der Waals surface area contributed by atoms with Gasteiger partial charge in [0.2, 0.25) is 0 Å². The number of benzene rings is 3. The molecule has 0 saturated heterocycles. The van der Waals surface area contributed by atoms with Crippen molar-refractivity contribution in [3.05, 3.63) is 83.4 Å². The normalized spacial score (nSPS) is 15.1. The van der Waals surface area contributed by atoms with Crippen molar-refractivity contribution in [2.75, 3.05) is 26.1 Å². The van der Waals surface area contributed by atoms with Gasteiger partial charge in [0.15, 0.2) is 6.10 Å². The minimum atomic E-state index is -0.589. The van der Waals surface area contributed by atoms with Crippen molar-refractivity contribution in [2.24, 2.45) is 0 Å². The summed E-state index contributed by atoms with van der Waals surface area (Å²) in [5.41, 5.74) is 3.09. The van der Waals surface area contributed by atoms with E-state index in [-0.39, 0.29) is 11.8 Å². The third kappa shape index (κ3) is 5.31. The zero-order chi connectivity index (χ0) is 24.1. The number of nitrogens with zero attached hydrogens (tertiary/aromatic N) is 1. The Bertz CT molecular complexity index is 1180. The molecular weight excluding hydrogens is 432 g/mol. The van der Waals surface area contributed by atoms with E-state index in [1.165, 1.54) is 0 Å². The molecule has 0 bridgehead atoms. The molecule has 1 aliphatic rings. The number of fused-ring (bicyclic) bond motifs is 1. The number of ether oxygens (including phenoxy) is 3. The second-order valence-corrected chi connectivity index (χ2v) is 8.13. The number of carbonyl (C=O) groups excluding carboxylic acids is 2. The topological polar surface area (TPSA) is 77.1 Å². The van der Waals surface area contributed by atoms with E-state index < -0.39 is 6.10 Å². The summed E-state index contributed by atoms with van der Waals surface area (Å²) in [5.74, 6) is 1.75. The molecule has 3 aromatic rings. The van der Waals surface area contributed by atoms with Crippen LogP contribution < -0.4 is 19.5 Å². The quantitative estimate of drug-likeness (QED) is 0.569. The van der Waals surface area contributed by atoms with E-state index in [4.69, 9.17) is 14.2 Å². The number of amides is 2. The Balaban J connectivity index is 1.49. The Labute approximate surface area is 199 Å². The van der Waals surface area contributed by atoms with Crippen LogP contribution in [0.15, 0.2) is 66.7 Å². The summed E-state index contributed by atoms with van der Waals surface area (Å²) < 4.78 is 16.3. The van der Waals surface area contributed by atoms with Crippen LogP contribution in [0.3, 0.4) is 0 Å². The standard InChI is InChI=1S/C27H28N2O5/c1-18-27(31)29(14-13-19-7-10-23(32-2)11-8-19)17-21-15-22(9-12-25(21)34-18)28-26(30)20-5-4-6-24(16-20)33-3/h4-12,15-16,18H,13-14,17H2,1-3H3,(H,28,30). The van der Waals surface area contributed by atoms with Gasteiger partial charge in [0, 0.05) is 29.9 Å². The Morgan fingerprint density at radius 1 is 1.03 bits per heavy atom. The van der Waals surface area contributed by atoms with E-state index in [1.54, 1.807) is 62.4 Å². The molecule has 4 rings (SSSR count). The molecule has 1 atom stereocenters. The van der Waals surface area contributed by atoms with Crippen LogP contribution in [0, 0.1) is 0 Å². The fourth-order valence-corrected chi connectivity index (χ4v) is 3.89. The van der Waals surface area contributed by atoms with E-state index in [1.807, 2.05) is 30.3 Å². The van der Waals surface area contributed by atoms with Gasteiger partial charge in [-0.1, -0.05) is 18.2 Å². The van der Waals surface area contributed by atoms with Crippen molar-refractivity contribution < 1.29 is 23.8 Å². The zero-order valence-electron chi connectivity index (χ0n) is 19.5. The molecule has 0 saturated carbocycles. The fourth-order valence-electron chi connectivity index (χ4n) is 3.89. The molecule has 7 nitrogen and oxygen atoms in total. The van der Waals surface area contributed by atoms with Gasteiger partial charge < -0.3 is 24.4 Å². The average Bonchev–Trinajstić information content (AvgIpc) is 2.98. The molecule has 2 amide bonds. The number of methoxy groups -OCH3 is 2. The lowest BCUT2D eigenvalue weighted by Crippen LogP contribution is -2.39. The molecule has 176 valence electrons. The first-order chi connectivity index (χ1) is 16.5. The number of carbonyl (C=O) groups is 2. The summed E-state index contributed by atoms with van der Waals surface area (Å²) in [6.07, 6.45) is 0.124. The lowest BCUT2D eigenvalue weighted by Gasteiger charge is -2.22. The summed E-state index contributed by atoms with van der Waals surface area (Å²) >= 11 is 0. The Hall–Kier alpha value is -4.00. The Morgan fingerprint density at radius 2 is 1.79 bits per heavy atom. The molecule has 1 unspecified atom stereocenters. The van der Waals surface area contributed by atoms with Crippen molar-refractivity contribution in [2.45, 2.75) is 26.0 Å². The highest BCUT2D eigenvalue weighted by atomic mass is 16.5. The molecule has 0 spiro atoms. The van der Waals surface area contributed by atoms with Gasteiger partial charge in [0.05, 0.1) is 14.2 Å². The van der Waals surface area contributed by atoms with Crippen LogP contribution in [-0.2, 0) is 17.8 Å². The first kappa shape index (κ1) is 23.2. The van der Waals surface area contributed by atoms with Crippen LogP contribution in [0.1, 0.15) is 28.4 Å². The van der Waals surface area contributed by atoms with Gasteiger partial charge in [-0.3, -0.25) is 9.59 Å². The van der Waals surface area contributed by atoms with Gasteiger partial charge in [-0.05, 0) is 67.4 Å². The van der Waals surface area contributed by atoms with Crippen LogP contribution >= 0.6 is 0 Å². The molecular formula is C27H28N2O5. The molecule has 0 radical (unpaired) electrons. The first-order valence-electron chi connectivity index (χ1n) is 11.1. The van der Waals surface area contributed by atoms with E-state index in [9.17, 15) is 9.59 Å². The van der Waals surface area contributed by atoms with Crippen LogP contribution in [0.2, 0.25) is 0 Å². The maximum Gasteiger partial charge on any atom is 0.263 e. The SMILES string of the molecule is COc1ccc(CCN2Cc3cc(NC(=O)c4cccc(OC)c4)ccc3OC(C)C2=O)cc1. The summed E-state index contributed by atoms with van der Waals surface area (Å²) in [4.78, 5) is 27.5. The molecule has 0 aromatic heterocycles. The minimum absolute atomic E-state index is 0.0633. The van der Waals surface area contributed by atoms with E-state index in [0.29, 0.717) is 42.3 Å². The number of nitrogens with one attached hydrogen (secondary N) is 1. The molecule has 34 heavy (non-hydrogen) atoms. The second kappa shape index (κ2) is 10.3. The first-order valence-corrected chi connectivity index (χ1v) is 11.1. The molecule has 1 N–H and O–H groups in total. The van der Waals surface area contributed by atoms with Gasteiger partial charge in [-0.2, -0.15) is 0 Å². The average molecular weight is 461 g/mol. The number of anilines is 1. The molecule has 7 heteroatoms. The van der Waals surface area contributed by atoms with Crippen LogP contribution in [0.5, 0.6) is 17.2 Å². The van der Waals surface area contributed by atoms with Gasteiger partial charge >= 0.3 is 0 Å². The van der Waals surface area contributed by atoms with Gasteiger partial charge in [0.25, 0.3) is 11.8 Å². The number of hydrogen-bond acceptors (Lipinski definition) is 5. The van der Waals surface area contributed by atoms with Gasteiger partial charge in [0.1, 0.15) is 17.2 Å². The third-order valence-corrected chi connectivity index (χ3v) is 5.80. The summed E-state index contributed by atoms with van der Waals surface area (Å²) in [6.45, 7) is 2.71. The maximum atomic E-state index is 12.9. The van der Waals surface area contributed by atoms with Crippen molar-refractivity contribution in [1.82, 2.24) is 4.90 Å². The Morgan fingerprint density at radius 3 is 2.53 bits per heavy atom. The summed E-state index contributed by atoms with van der Waals surface area (Å²) in [6, 6.07) is 20.2. The van der Waals surface area contributed by atoms with Gasteiger partial charge in [-0.25, -0.2) is 0 Å². The van der Waals surface area contributed by atoms with Crippen LogP contribution in [-0.4, -0.2) is 43.6 Å². The molecule has 3 aromatic carbocycles. The van der Waals surface area contributed by atoms with Crippen molar-refractivity contribution >= 4 is 17.5 Å². The molecule has 0 aliphatic carbocycles. The lowest BCUT2D eigenvalue weighted by molar-refractivity contribution is -0.137. The second-order valence-electron chi connectivity index (χ2n) is 8.13. The highest BCUT2D eigenvalue weighted by molar-refractivity contribution is 6.04.